The molecule has 1 aromatic heterocycles. The topological polar surface area (TPSA) is 59.3 Å². The quantitative estimate of drug-likeness (QED) is 0.615. The minimum Gasteiger partial charge on any atom is -0.464 e. The molecule has 0 atom stereocenters. The Hall–Kier alpha value is -1.58. The highest BCUT2D eigenvalue weighted by atomic mass is 16.4. The molecular weight excluding hydrogens is 146 g/mol. The molecule has 58 valence electrons. The van der Waals surface area contributed by atoms with Crippen LogP contribution in [0.2, 0.25) is 0 Å². The number of aldehydes is 1. The molecule has 0 saturated carbocycles. The minimum atomic E-state index is -1.07. The summed E-state index contributed by atoms with van der Waals surface area (Å²) in [5.41, 5.74) is 0.921. The largest absolute Gasteiger partial charge is 0.464 e. The molecule has 0 fully saturated rings. The molecule has 0 aromatic carbocycles. The van der Waals surface area contributed by atoms with Crippen molar-refractivity contribution in [3.63, 3.8) is 0 Å². The second-order valence-corrected chi connectivity index (χ2v) is 2.19. The molecule has 11 heavy (non-hydrogen) atoms. The number of carboxylic acid groups (broad SMARTS) is 1. The zero-order valence-corrected chi connectivity index (χ0v) is 5.94. The summed E-state index contributed by atoms with van der Waals surface area (Å²) < 4.78 is 1.00. The predicted molar refractivity (Wildman–Crippen MR) is 38.0 cm³/mol. The standard InChI is InChI=1S/C7H7NO3/c1-5-2-6(4-9)3-8(5)7(10)11/h2-4H,1H3,(H,10,11). The zero-order valence-electron chi connectivity index (χ0n) is 5.94. The number of aryl methyl sites for hydroxylation is 1. The lowest BCUT2D eigenvalue weighted by atomic mass is 10.3. The van der Waals surface area contributed by atoms with E-state index in [0.29, 0.717) is 17.5 Å². The maximum atomic E-state index is 10.4. The average Bonchev–Trinajstić information content (AvgIpc) is 2.30. The second-order valence-electron chi connectivity index (χ2n) is 2.19. The van der Waals surface area contributed by atoms with E-state index in [1.165, 1.54) is 12.3 Å². The first-order chi connectivity index (χ1) is 5.15. The van der Waals surface area contributed by atoms with E-state index in [0.717, 1.165) is 4.57 Å². The number of carbonyl (C=O) groups is 2. The van der Waals surface area contributed by atoms with E-state index in [2.05, 4.69) is 0 Å². The van der Waals surface area contributed by atoms with Crippen LogP contribution < -0.4 is 0 Å². The summed E-state index contributed by atoms with van der Waals surface area (Å²) in [5.74, 6) is 0. The Bertz CT molecular complexity index is 301. The minimum absolute atomic E-state index is 0.380. The smallest absolute Gasteiger partial charge is 0.415 e. The van der Waals surface area contributed by atoms with Gasteiger partial charge in [-0.2, -0.15) is 0 Å². The van der Waals surface area contributed by atoms with E-state index in [-0.39, 0.29) is 0 Å². The molecule has 0 saturated heterocycles. The molecule has 4 nitrogen and oxygen atoms in total. The summed E-state index contributed by atoms with van der Waals surface area (Å²) in [4.78, 5) is 20.6. The Kier molecular flexibility index (Phi) is 1.76. The Morgan fingerprint density at radius 3 is 2.64 bits per heavy atom. The molecule has 0 bridgehead atoms. The summed E-state index contributed by atoms with van der Waals surface area (Å²) in [6, 6.07) is 1.52. The molecule has 0 radical (unpaired) electrons. The SMILES string of the molecule is Cc1cc(C=O)cn1C(=O)O. The number of aromatic nitrogens is 1. The summed E-state index contributed by atoms with van der Waals surface area (Å²) in [5, 5.41) is 8.52. The van der Waals surface area contributed by atoms with Gasteiger partial charge in [-0.25, -0.2) is 4.79 Å². The lowest BCUT2D eigenvalue weighted by Crippen LogP contribution is -2.07. The van der Waals surface area contributed by atoms with Crippen molar-refractivity contribution >= 4 is 12.4 Å². The summed E-state index contributed by atoms with van der Waals surface area (Å²) in [7, 11) is 0. The molecule has 0 spiro atoms. The molecule has 1 N–H and O–H groups in total. The molecule has 1 rings (SSSR count). The van der Waals surface area contributed by atoms with Crippen molar-refractivity contribution in [2.75, 3.05) is 0 Å². The molecule has 1 heterocycles. The van der Waals surface area contributed by atoms with E-state index < -0.39 is 6.09 Å². The van der Waals surface area contributed by atoms with Gasteiger partial charge in [-0.15, -0.1) is 0 Å². The number of carbonyl (C=O) groups excluding carboxylic acids is 1. The van der Waals surface area contributed by atoms with Gasteiger partial charge in [0.25, 0.3) is 0 Å². The van der Waals surface area contributed by atoms with Gasteiger partial charge in [-0.3, -0.25) is 9.36 Å². The van der Waals surface area contributed by atoms with Crippen LogP contribution in [0.3, 0.4) is 0 Å². The maximum Gasteiger partial charge on any atom is 0.415 e. The van der Waals surface area contributed by atoms with E-state index in [1.54, 1.807) is 6.92 Å². The number of hydrogen-bond donors (Lipinski definition) is 1. The first kappa shape index (κ1) is 7.53. The van der Waals surface area contributed by atoms with Crippen LogP contribution in [0.25, 0.3) is 0 Å². The van der Waals surface area contributed by atoms with Gasteiger partial charge in [0.1, 0.15) is 0 Å². The van der Waals surface area contributed by atoms with Crippen LogP contribution in [-0.2, 0) is 0 Å². The van der Waals surface area contributed by atoms with E-state index in [9.17, 15) is 9.59 Å². The average molecular weight is 153 g/mol. The molecule has 1 aromatic rings. The van der Waals surface area contributed by atoms with Gasteiger partial charge in [-0.05, 0) is 13.0 Å². The molecular formula is C7H7NO3. The Balaban J connectivity index is 3.16. The van der Waals surface area contributed by atoms with Gasteiger partial charge < -0.3 is 5.11 Å². The van der Waals surface area contributed by atoms with Gasteiger partial charge in [0, 0.05) is 17.5 Å². The highest BCUT2D eigenvalue weighted by molar-refractivity contribution is 5.78. The van der Waals surface area contributed by atoms with Crippen LogP contribution >= 0.6 is 0 Å². The molecule has 0 aliphatic heterocycles. The van der Waals surface area contributed by atoms with Crippen LogP contribution in [0.15, 0.2) is 12.3 Å². The molecule has 0 aliphatic rings. The normalized spacial score (nSPS) is 9.55. The van der Waals surface area contributed by atoms with Gasteiger partial charge in [0.15, 0.2) is 6.29 Å². The van der Waals surface area contributed by atoms with Crippen molar-refractivity contribution in [2.24, 2.45) is 0 Å². The van der Waals surface area contributed by atoms with E-state index >= 15 is 0 Å². The van der Waals surface area contributed by atoms with Gasteiger partial charge in [0.2, 0.25) is 0 Å². The van der Waals surface area contributed by atoms with Crippen LogP contribution in [0.1, 0.15) is 16.1 Å². The third kappa shape index (κ3) is 1.29. The lowest BCUT2D eigenvalue weighted by Gasteiger charge is -1.94. The maximum absolute atomic E-state index is 10.4. The monoisotopic (exact) mass is 153 g/mol. The number of rotatable bonds is 1. The fourth-order valence-electron chi connectivity index (χ4n) is 0.869. The molecule has 4 heteroatoms. The van der Waals surface area contributed by atoms with Crippen LogP contribution in [0, 0.1) is 6.92 Å². The Morgan fingerprint density at radius 2 is 2.36 bits per heavy atom. The Labute approximate surface area is 63.1 Å². The van der Waals surface area contributed by atoms with Crippen LogP contribution in [0.5, 0.6) is 0 Å². The third-order valence-corrected chi connectivity index (χ3v) is 1.38. The summed E-state index contributed by atoms with van der Waals surface area (Å²) in [6.45, 7) is 1.63. The fraction of sp³-hybridized carbons (Fsp3) is 0.143. The van der Waals surface area contributed by atoms with E-state index in [4.69, 9.17) is 5.11 Å². The van der Waals surface area contributed by atoms with E-state index in [1.807, 2.05) is 0 Å². The Morgan fingerprint density at radius 1 is 1.73 bits per heavy atom. The van der Waals surface area contributed by atoms with Gasteiger partial charge >= 0.3 is 6.09 Å². The summed E-state index contributed by atoms with van der Waals surface area (Å²) >= 11 is 0. The van der Waals surface area contributed by atoms with Crippen molar-refractivity contribution in [3.8, 4) is 0 Å². The molecule has 0 amide bonds. The first-order valence-electron chi connectivity index (χ1n) is 3.02. The summed E-state index contributed by atoms with van der Waals surface area (Å²) in [6.07, 6.45) is 0.826. The van der Waals surface area contributed by atoms with Gasteiger partial charge in [0.05, 0.1) is 0 Å². The lowest BCUT2D eigenvalue weighted by molar-refractivity contribution is 0.112. The zero-order chi connectivity index (χ0) is 8.43. The highest BCUT2D eigenvalue weighted by Gasteiger charge is 2.05. The first-order valence-corrected chi connectivity index (χ1v) is 3.02. The van der Waals surface area contributed by atoms with Crippen molar-refractivity contribution < 1.29 is 14.7 Å². The predicted octanol–water partition coefficient (Wildman–Crippen LogP) is 1.14. The number of nitrogens with zero attached hydrogens (tertiary/aromatic N) is 1. The van der Waals surface area contributed by atoms with Crippen LogP contribution in [-0.4, -0.2) is 22.1 Å². The molecule has 0 unspecified atom stereocenters. The fourth-order valence-corrected chi connectivity index (χ4v) is 0.869. The van der Waals surface area contributed by atoms with Crippen molar-refractivity contribution in [2.45, 2.75) is 6.92 Å². The van der Waals surface area contributed by atoms with Crippen molar-refractivity contribution in [1.82, 2.24) is 4.57 Å². The highest BCUT2D eigenvalue weighted by Crippen LogP contribution is 2.04. The third-order valence-electron chi connectivity index (χ3n) is 1.38. The second kappa shape index (κ2) is 2.57. The molecule has 0 aliphatic carbocycles. The van der Waals surface area contributed by atoms with Crippen molar-refractivity contribution in [1.29, 1.82) is 0 Å². The van der Waals surface area contributed by atoms with Crippen LogP contribution in [0.4, 0.5) is 4.79 Å². The van der Waals surface area contributed by atoms with Crippen molar-refractivity contribution in [3.05, 3.63) is 23.5 Å². The number of hydrogen-bond acceptors (Lipinski definition) is 2. The van der Waals surface area contributed by atoms with Gasteiger partial charge in [-0.1, -0.05) is 0 Å².